The predicted molar refractivity (Wildman–Crippen MR) is 109 cm³/mol. The number of anilines is 1. The molecule has 26 heavy (non-hydrogen) atoms. The number of thiazole rings is 1. The van der Waals surface area contributed by atoms with Crippen molar-refractivity contribution in [1.29, 1.82) is 0 Å². The minimum Gasteiger partial charge on any atom is -0.508 e. The minimum absolute atomic E-state index is 0.284. The molecule has 1 heterocycles. The molecule has 1 fully saturated rings. The first kappa shape index (κ1) is 17.0. The highest BCUT2D eigenvalue weighted by Gasteiger charge is 2.22. The SMILES string of the molecule is Cc1ccc2sc(C3CCC(=NNc4ccc(O)cc4C)CC3)nc2c1. The van der Waals surface area contributed by atoms with Gasteiger partial charge in [-0.25, -0.2) is 4.98 Å². The van der Waals surface area contributed by atoms with E-state index in [1.807, 2.05) is 24.3 Å². The molecule has 0 unspecified atom stereocenters. The molecule has 1 aliphatic carbocycles. The summed E-state index contributed by atoms with van der Waals surface area (Å²) in [6.45, 7) is 4.08. The Balaban J connectivity index is 1.41. The van der Waals surface area contributed by atoms with Crippen LogP contribution in [-0.4, -0.2) is 15.8 Å². The van der Waals surface area contributed by atoms with E-state index in [4.69, 9.17) is 4.98 Å². The van der Waals surface area contributed by atoms with Crippen molar-refractivity contribution in [3.05, 3.63) is 52.5 Å². The van der Waals surface area contributed by atoms with Crippen LogP contribution in [-0.2, 0) is 0 Å². The average molecular weight is 366 g/mol. The van der Waals surface area contributed by atoms with Gasteiger partial charge in [-0.1, -0.05) is 6.07 Å². The predicted octanol–water partition coefficient (Wildman–Crippen LogP) is 5.74. The van der Waals surface area contributed by atoms with E-state index in [1.54, 1.807) is 12.1 Å². The number of hydrogen-bond acceptors (Lipinski definition) is 5. The van der Waals surface area contributed by atoms with Crippen LogP contribution in [0.15, 0.2) is 41.5 Å². The number of nitrogens with zero attached hydrogens (tertiary/aromatic N) is 2. The van der Waals surface area contributed by atoms with Crippen molar-refractivity contribution >= 4 is 33.0 Å². The Labute approximate surface area is 157 Å². The van der Waals surface area contributed by atoms with Crippen molar-refractivity contribution < 1.29 is 5.11 Å². The maximum Gasteiger partial charge on any atom is 0.115 e. The van der Waals surface area contributed by atoms with Crippen molar-refractivity contribution in [3.63, 3.8) is 0 Å². The lowest BCUT2D eigenvalue weighted by molar-refractivity contribution is 0.475. The Morgan fingerprint density at radius 2 is 1.92 bits per heavy atom. The summed E-state index contributed by atoms with van der Waals surface area (Å²) in [6, 6.07) is 11.8. The van der Waals surface area contributed by atoms with Gasteiger partial charge in [-0.2, -0.15) is 5.10 Å². The normalized spacial score (nSPS) is 17.5. The first-order valence-corrected chi connectivity index (χ1v) is 9.88. The van der Waals surface area contributed by atoms with E-state index in [1.165, 1.54) is 21.0 Å². The molecule has 0 amide bonds. The molecule has 4 nitrogen and oxygen atoms in total. The van der Waals surface area contributed by atoms with Crippen LogP contribution in [0.3, 0.4) is 0 Å². The van der Waals surface area contributed by atoms with Crippen LogP contribution in [0.5, 0.6) is 5.75 Å². The Morgan fingerprint density at radius 1 is 1.12 bits per heavy atom. The molecule has 0 bridgehead atoms. The van der Waals surface area contributed by atoms with Crippen molar-refractivity contribution in [3.8, 4) is 5.75 Å². The monoisotopic (exact) mass is 365 g/mol. The number of rotatable bonds is 3. The minimum atomic E-state index is 0.284. The topological polar surface area (TPSA) is 57.5 Å². The lowest BCUT2D eigenvalue weighted by Gasteiger charge is -2.21. The first-order valence-electron chi connectivity index (χ1n) is 9.06. The van der Waals surface area contributed by atoms with E-state index in [0.29, 0.717) is 5.92 Å². The smallest absolute Gasteiger partial charge is 0.115 e. The summed E-state index contributed by atoms with van der Waals surface area (Å²) in [6.07, 6.45) is 4.22. The second-order valence-electron chi connectivity index (χ2n) is 7.09. The van der Waals surface area contributed by atoms with Gasteiger partial charge >= 0.3 is 0 Å². The number of aryl methyl sites for hydroxylation is 2. The second-order valence-corrected chi connectivity index (χ2v) is 8.15. The maximum atomic E-state index is 9.49. The van der Waals surface area contributed by atoms with E-state index < -0.39 is 0 Å². The summed E-state index contributed by atoms with van der Waals surface area (Å²) < 4.78 is 1.29. The Bertz CT molecular complexity index is 967. The molecule has 2 aromatic carbocycles. The Hall–Kier alpha value is -2.40. The van der Waals surface area contributed by atoms with Crippen LogP contribution in [0, 0.1) is 13.8 Å². The van der Waals surface area contributed by atoms with Gasteiger partial charge in [-0.05, 0) is 81.0 Å². The van der Waals surface area contributed by atoms with Gasteiger partial charge < -0.3 is 5.11 Å². The number of phenolic OH excluding ortho intramolecular Hbond substituents is 1. The van der Waals surface area contributed by atoms with E-state index in [2.05, 4.69) is 35.7 Å². The van der Waals surface area contributed by atoms with Gasteiger partial charge in [0, 0.05) is 11.6 Å². The summed E-state index contributed by atoms with van der Waals surface area (Å²) in [7, 11) is 0. The average Bonchev–Trinajstić information content (AvgIpc) is 3.04. The fourth-order valence-electron chi connectivity index (χ4n) is 3.45. The molecule has 0 atom stereocenters. The lowest BCUT2D eigenvalue weighted by atomic mass is 9.88. The molecule has 0 saturated heterocycles. The fourth-order valence-corrected chi connectivity index (χ4v) is 4.57. The summed E-state index contributed by atoms with van der Waals surface area (Å²) >= 11 is 1.84. The van der Waals surface area contributed by atoms with Crippen LogP contribution in [0.4, 0.5) is 5.69 Å². The van der Waals surface area contributed by atoms with Crippen LogP contribution < -0.4 is 5.43 Å². The summed E-state index contributed by atoms with van der Waals surface area (Å²) in [4.78, 5) is 4.88. The number of hydrogen-bond donors (Lipinski definition) is 2. The van der Waals surface area contributed by atoms with Gasteiger partial charge in [0.25, 0.3) is 0 Å². The van der Waals surface area contributed by atoms with Crippen LogP contribution in [0.25, 0.3) is 10.2 Å². The largest absolute Gasteiger partial charge is 0.508 e. The quantitative estimate of drug-likeness (QED) is 0.459. The molecule has 134 valence electrons. The highest BCUT2D eigenvalue weighted by Crippen LogP contribution is 2.36. The maximum absolute atomic E-state index is 9.49. The van der Waals surface area contributed by atoms with Gasteiger partial charge in [0.05, 0.1) is 20.9 Å². The van der Waals surface area contributed by atoms with Crippen molar-refractivity contribution in [2.45, 2.75) is 45.4 Å². The number of aromatic nitrogens is 1. The number of phenols is 1. The van der Waals surface area contributed by atoms with Crippen LogP contribution in [0.2, 0.25) is 0 Å². The molecule has 0 radical (unpaired) electrons. The van der Waals surface area contributed by atoms with Crippen molar-refractivity contribution in [1.82, 2.24) is 4.98 Å². The lowest BCUT2D eigenvalue weighted by Crippen LogP contribution is -2.14. The highest BCUT2D eigenvalue weighted by molar-refractivity contribution is 7.18. The molecule has 4 rings (SSSR count). The molecular formula is C21H23N3OS. The van der Waals surface area contributed by atoms with E-state index in [9.17, 15) is 5.11 Å². The Kier molecular flexibility index (Phi) is 4.64. The van der Waals surface area contributed by atoms with Gasteiger partial charge in [-0.15, -0.1) is 11.3 Å². The molecule has 1 saturated carbocycles. The Morgan fingerprint density at radius 3 is 2.69 bits per heavy atom. The van der Waals surface area contributed by atoms with E-state index in [0.717, 1.165) is 42.5 Å². The first-order chi connectivity index (χ1) is 12.6. The summed E-state index contributed by atoms with van der Waals surface area (Å²) in [5.41, 5.74) is 8.71. The third-order valence-electron chi connectivity index (χ3n) is 5.02. The number of hydrazone groups is 1. The van der Waals surface area contributed by atoms with Crippen LogP contribution in [0.1, 0.15) is 47.7 Å². The number of benzene rings is 2. The third-order valence-corrected chi connectivity index (χ3v) is 6.21. The van der Waals surface area contributed by atoms with Crippen molar-refractivity contribution in [2.75, 3.05) is 5.43 Å². The third kappa shape index (κ3) is 3.58. The summed E-state index contributed by atoms with van der Waals surface area (Å²) in [5.74, 6) is 0.828. The molecule has 0 spiro atoms. The molecule has 1 aromatic heterocycles. The molecule has 5 heteroatoms. The molecule has 1 aliphatic rings. The zero-order valence-corrected chi connectivity index (χ0v) is 15.9. The molecule has 3 aromatic rings. The highest BCUT2D eigenvalue weighted by atomic mass is 32.1. The molecular weight excluding hydrogens is 342 g/mol. The number of fused-ring (bicyclic) bond motifs is 1. The van der Waals surface area contributed by atoms with Crippen molar-refractivity contribution in [2.24, 2.45) is 5.10 Å². The van der Waals surface area contributed by atoms with Gasteiger partial charge in [0.1, 0.15) is 5.75 Å². The molecule has 2 N–H and O–H groups in total. The fraction of sp³-hybridized carbons (Fsp3) is 0.333. The van der Waals surface area contributed by atoms with E-state index in [-0.39, 0.29) is 5.75 Å². The van der Waals surface area contributed by atoms with E-state index >= 15 is 0 Å². The zero-order chi connectivity index (χ0) is 18.1. The van der Waals surface area contributed by atoms with Gasteiger partial charge in [0.15, 0.2) is 0 Å². The standard InChI is InChI=1S/C21H23N3OS/c1-13-3-10-20-19(11-13)22-21(26-20)15-4-6-16(7-5-15)23-24-18-9-8-17(25)12-14(18)2/h3,8-12,15,24-25H,4-7H2,1-2H3. The summed E-state index contributed by atoms with van der Waals surface area (Å²) in [5, 5.41) is 15.4. The van der Waals surface area contributed by atoms with Crippen LogP contribution >= 0.6 is 11.3 Å². The molecule has 0 aliphatic heterocycles. The van der Waals surface area contributed by atoms with Gasteiger partial charge in [-0.3, -0.25) is 5.43 Å². The second kappa shape index (κ2) is 7.08. The zero-order valence-electron chi connectivity index (χ0n) is 15.1. The number of nitrogens with one attached hydrogen (secondary N) is 1. The number of aromatic hydroxyl groups is 1. The van der Waals surface area contributed by atoms with Gasteiger partial charge in [0.2, 0.25) is 0 Å².